The number of hydrogen-bond donors (Lipinski definition) is 1. The van der Waals surface area contributed by atoms with Crippen LogP contribution in [0.15, 0.2) is 59.5 Å². The topological polar surface area (TPSA) is 89.5 Å². The molecule has 3 rings (SSSR count). The third kappa shape index (κ3) is 4.16. The summed E-state index contributed by atoms with van der Waals surface area (Å²) in [5.41, 5.74) is -1.85. The number of amides is 1. The molecule has 0 aliphatic heterocycles. The Morgan fingerprint density at radius 1 is 1.10 bits per heavy atom. The largest absolute Gasteiger partial charge is 0.444 e. The summed E-state index contributed by atoms with van der Waals surface area (Å²) >= 11 is 5.94. The SMILES string of the molecule is CC(C)(C)OC(=O)N[C@@]1(C=O)[C@H](S(=O)(=O)c2ccccc2)[C@@H]1c1ccc(Cl)cc1. The Kier molecular flexibility index (Phi) is 5.49. The van der Waals surface area contributed by atoms with Crippen molar-refractivity contribution in [1.29, 1.82) is 0 Å². The molecule has 29 heavy (non-hydrogen) atoms. The first-order chi connectivity index (χ1) is 13.5. The van der Waals surface area contributed by atoms with E-state index in [1.807, 2.05) is 0 Å². The van der Waals surface area contributed by atoms with Gasteiger partial charge in [-0.1, -0.05) is 41.9 Å². The van der Waals surface area contributed by atoms with Crippen molar-refractivity contribution in [2.24, 2.45) is 0 Å². The van der Waals surface area contributed by atoms with Crippen LogP contribution in [0.3, 0.4) is 0 Å². The molecule has 1 aliphatic carbocycles. The minimum atomic E-state index is -3.92. The minimum Gasteiger partial charge on any atom is -0.444 e. The van der Waals surface area contributed by atoms with Gasteiger partial charge in [0.05, 0.1) is 4.90 Å². The van der Waals surface area contributed by atoms with Gasteiger partial charge in [0.25, 0.3) is 0 Å². The van der Waals surface area contributed by atoms with Crippen LogP contribution in [0.4, 0.5) is 4.79 Å². The standard InChI is InChI=1S/C21H22ClNO5S/c1-20(2,3)28-19(25)23-21(13-24)17(14-9-11-15(22)12-10-14)18(21)29(26,27)16-7-5-4-6-8-16/h4-13,17-18H,1-3H3,(H,23,25)/t17-,18+,21+/m0/s1. The van der Waals surface area contributed by atoms with E-state index < -0.39 is 38.2 Å². The number of benzene rings is 2. The van der Waals surface area contributed by atoms with E-state index >= 15 is 0 Å². The van der Waals surface area contributed by atoms with Gasteiger partial charge in [-0.25, -0.2) is 13.2 Å². The summed E-state index contributed by atoms with van der Waals surface area (Å²) in [5.74, 6) is -0.769. The fraction of sp³-hybridized carbons (Fsp3) is 0.333. The lowest BCUT2D eigenvalue weighted by atomic mass is 10.1. The molecule has 1 N–H and O–H groups in total. The number of alkyl carbamates (subject to hydrolysis) is 1. The fourth-order valence-electron chi connectivity index (χ4n) is 3.49. The van der Waals surface area contributed by atoms with Gasteiger partial charge in [-0.05, 0) is 50.6 Å². The number of nitrogens with one attached hydrogen (secondary N) is 1. The number of aldehydes is 1. The molecular weight excluding hydrogens is 414 g/mol. The molecule has 0 saturated heterocycles. The van der Waals surface area contributed by atoms with Crippen LogP contribution in [-0.4, -0.2) is 37.2 Å². The van der Waals surface area contributed by atoms with Crippen molar-refractivity contribution >= 4 is 33.8 Å². The third-order valence-electron chi connectivity index (χ3n) is 4.73. The van der Waals surface area contributed by atoms with E-state index in [9.17, 15) is 18.0 Å². The molecule has 0 bridgehead atoms. The van der Waals surface area contributed by atoms with Gasteiger partial charge in [0.15, 0.2) is 9.84 Å². The Morgan fingerprint density at radius 3 is 2.21 bits per heavy atom. The molecule has 3 atom stereocenters. The highest BCUT2D eigenvalue weighted by Gasteiger charge is 2.73. The molecule has 0 spiro atoms. The van der Waals surface area contributed by atoms with Crippen molar-refractivity contribution in [3.05, 3.63) is 65.2 Å². The van der Waals surface area contributed by atoms with E-state index in [-0.39, 0.29) is 4.90 Å². The van der Waals surface area contributed by atoms with Gasteiger partial charge in [-0.2, -0.15) is 0 Å². The Balaban J connectivity index is 2.04. The van der Waals surface area contributed by atoms with Crippen molar-refractivity contribution in [2.45, 2.75) is 48.0 Å². The van der Waals surface area contributed by atoms with Crippen LogP contribution < -0.4 is 5.32 Å². The molecule has 154 valence electrons. The van der Waals surface area contributed by atoms with Crippen molar-refractivity contribution in [3.63, 3.8) is 0 Å². The van der Waals surface area contributed by atoms with Gasteiger partial charge in [0.2, 0.25) is 0 Å². The van der Waals surface area contributed by atoms with Crippen LogP contribution >= 0.6 is 11.6 Å². The van der Waals surface area contributed by atoms with Gasteiger partial charge in [0.1, 0.15) is 22.7 Å². The summed E-state index contributed by atoms with van der Waals surface area (Å²) in [6.45, 7) is 5.05. The van der Waals surface area contributed by atoms with E-state index in [0.717, 1.165) is 0 Å². The van der Waals surface area contributed by atoms with Crippen molar-refractivity contribution in [1.82, 2.24) is 5.32 Å². The number of carbonyl (C=O) groups excluding carboxylic acids is 2. The van der Waals surface area contributed by atoms with E-state index in [2.05, 4.69) is 5.32 Å². The zero-order valence-corrected chi connectivity index (χ0v) is 17.8. The fourth-order valence-corrected chi connectivity index (χ4v) is 5.88. The average Bonchev–Trinajstić information content (AvgIpc) is 3.31. The van der Waals surface area contributed by atoms with Gasteiger partial charge < -0.3 is 14.8 Å². The highest BCUT2D eigenvalue weighted by Crippen LogP contribution is 2.56. The van der Waals surface area contributed by atoms with Crippen LogP contribution in [-0.2, 0) is 19.4 Å². The molecule has 1 aliphatic rings. The quantitative estimate of drug-likeness (QED) is 0.722. The molecule has 1 amide bonds. The Labute approximate surface area is 175 Å². The second kappa shape index (κ2) is 7.46. The number of hydrogen-bond acceptors (Lipinski definition) is 5. The molecule has 2 aromatic rings. The van der Waals surface area contributed by atoms with Gasteiger partial charge in [-0.15, -0.1) is 0 Å². The number of ether oxygens (including phenoxy) is 1. The summed E-state index contributed by atoms with van der Waals surface area (Å²) < 4.78 is 31.9. The second-order valence-corrected chi connectivity index (χ2v) is 10.5. The molecule has 0 radical (unpaired) electrons. The summed E-state index contributed by atoms with van der Waals surface area (Å²) in [7, 11) is -3.92. The van der Waals surface area contributed by atoms with E-state index in [4.69, 9.17) is 16.3 Å². The number of carbonyl (C=O) groups is 2. The first-order valence-electron chi connectivity index (χ1n) is 9.03. The minimum absolute atomic E-state index is 0.0821. The molecule has 0 unspecified atom stereocenters. The summed E-state index contributed by atoms with van der Waals surface area (Å²) in [6.07, 6.45) is -0.365. The lowest BCUT2D eigenvalue weighted by molar-refractivity contribution is -0.110. The van der Waals surface area contributed by atoms with E-state index in [1.54, 1.807) is 63.2 Å². The Hall–Kier alpha value is -2.38. The maximum absolute atomic E-state index is 13.3. The summed E-state index contributed by atoms with van der Waals surface area (Å²) in [5, 5.41) is 1.84. The van der Waals surface area contributed by atoms with Crippen molar-refractivity contribution in [3.8, 4) is 0 Å². The van der Waals surface area contributed by atoms with Crippen LogP contribution in [0.1, 0.15) is 32.3 Å². The first kappa shape index (κ1) is 21.3. The maximum atomic E-state index is 13.3. The molecule has 6 nitrogen and oxygen atoms in total. The number of sulfone groups is 1. The number of halogens is 1. The second-order valence-electron chi connectivity index (χ2n) is 7.99. The smallest absolute Gasteiger partial charge is 0.408 e. The van der Waals surface area contributed by atoms with E-state index in [0.29, 0.717) is 16.9 Å². The van der Waals surface area contributed by atoms with Gasteiger partial charge >= 0.3 is 6.09 Å². The first-order valence-corrected chi connectivity index (χ1v) is 11.0. The average molecular weight is 436 g/mol. The zero-order valence-electron chi connectivity index (χ0n) is 16.3. The highest BCUT2D eigenvalue weighted by atomic mass is 35.5. The molecule has 2 aromatic carbocycles. The van der Waals surface area contributed by atoms with Crippen molar-refractivity contribution < 1.29 is 22.7 Å². The molecule has 8 heteroatoms. The molecular formula is C21H22ClNO5S. The summed E-state index contributed by atoms with van der Waals surface area (Å²) in [6, 6.07) is 14.4. The maximum Gasteiger partial charge on any atom is 0.408 e. The van der Waals surface area contributed by atoms with Gasteiger partial charge in [0, 0.05) is 10.9 Å². The summed E-state index contributed by atoms with van der Waals surface area (Å²) in [4.78, 5) is 24.7. The Bertz CT molecular complexity index is 1020. The van der Waals surface area contributed by atoms with Crippen LogP contribution in [0.5, 0.6) is 0 Å². The third-order valence-corrected chi connectivity index (χ3v) is 7.24. The van der Waals surface area contributed by atoms with Gasteiger partial charge in [-0.3, -0.25) is 0 Å². The highest BCUT2D eigenvalue weighted by molar-refractivity contribution is 7.92. The predicted octanol–water partition coefficient (Wildman–Crippen LogP) is 3.74. The molecule has 0 aromatic heterocycles. The predicted molar refractivity (Wildman–Crippen MR) is 110 cm³/mol. The molecule has 0 heterocycles. The molecule has 1 fully saturated rings. The normalized spacial score (nSPS) is 23.9. The van der Waals surface area contributed by atoms with Crippen LogP contribution in [0, 0.1) is 0 Å². The van der Waals surface area contributed by atoms with Crippen molar-refractivity contribution in [2.75, 3.05) is 0 Å². The lowest BCUT2D eigenvalue weighted by Gasteiger charge is -2.22. The van der Waals surface area contributed by atoms with Crippen LogP contribution in [0.25, 0.3) is 0 Å². The Morgan fingerprint density at radius 2 is 1.69 bits per heavy atom. The lowest BCUT2D eigenvalue weighted by Crippen LogP contribution is -2.45. The number of rotatable bonds is 5. The zero-order chi connectivity index (χ0) is 21.4. The van der Waals surface area contributed by atoms with Crippen LogP contribution in [0.2, 0.25) is 5.02 Å². The van der Waals surface area contributed by atoms with E-state index in [1.165, 1.54) is 12.1 Å². The molecule has 1 saturated carbocycles. The monoisotopic (exact) mass is 435 g/mol.